The lowest BCUT2D eigenvalue weighted by Gasteiger charge is -2.35. The van der Waals surface area contributed by atoms with Crippen molar-refractivity contribution in [2.24, 2.45) is 11.7 Å². The molecule has 4 N–H and O–H groups in total. The standard InChI is InChI=1S/C13H26N4O2/c1-3-6-15-13(19)16-12(18)9-17-7-5-11(14)10(4-2)8-17/h10-11H,3-9,14H2,1-2H3,(H2,15,16,18,19). The normalized spacial score (nSPS) is 23.9. The molecule has 2 unspecified atom stereocenters. The van der Waals surface area contributed by atoms with Gasteiger partial charge in [0.05, 0.1) is 6.54 Å². The first-order chi connectivity index (χ1) is 9.06. The maximum atomic E-state index is 11.7. The summed E-state index contributed by atoms with van der Waals surface area (Å²) in [6, 6.07) is -0.176. The van der Waals surface area contributed by atoms with Crippen LogP contribution in [0.15, 0.2) is 0 Å². The number of urea groups is 1. The monoisotopic (exact) mass is 270 g/mol. The van der Waals surface area contributed by atoms with E-state index in [1.54, 1.807) is 0 Å². The van der Waals surface area contributed by atoms with E-state index >= 15 is 0 Å². The van der Waals surface area contributed by atoms with E-state index in [1.165, 1.54) is 0 Å². The Morgan fingerprint density at radius 3 is 2.74 bits per heavy atom. The number of likely N-dealkylation sites (tertiary alicyclic amines) is 1. The molecule has 0 spiro atoms. The lowest BCUT2D eigenvalue weighted by Crippen LogP contribution is -2.51. The summed E-state index contributed by atoms with van der Waals surface area (Å²) in [7, 11) is 0. The van der Waals surface area contributed by atoms with Gasteiger partial charge in [-0.2, -0.15) is 0 Å². The minimum absolute atomic E-state index is 0.233. The maximum absolute atomic E-state index is 11.7. The number of carbonyl (C=O) groups excluding carboxylic acids is 2. The molecule has 0 bridgehead atoms. The molecule has 3 amide bonds. The lowest BCUT2D eigenvalue weighted by atomic mass is 9.91. The SMILES string of the molecule is CCCNC(=O)NC(=O)CN1CCC(N)C(CC)C1. The van der Waals surface area contributed by atoms with Crippen molar-refractivity contribution < 1.29 is 9.59 Å². The van der Waals surface area contributed by atoms with E-state index in [0.29, 0.717) is 12.5 Å². The summed E-state index contributed by atoms with van der Waals surface area (Å²) in [6.07, 6.45) is 2.79. The number of nitrogens with two attached hydrogens (primary N) is 1. The van der Waals surface area contributed by atoms with Gasteiger partial charge < -0.3 is 11.1 Å². The van der Waals surface area contributed by atoms with Crippen molar-refractivity contribution in [3.63, 3.8) is 0 Å². The summed E-state index contributed by atoms with van der Waals surface area (Å²) in [5.74, 6) is 0.189. The van der Waals surface area contributed by atoms with Crippen LogP contribution in [0.5, 0.6) is 0 Å². The van der Waals surface area contributed by atoms with Gasteiger partial charge in [0.2, 0.25) is 5.91 Å². The predicted octanol–water partition coefficient (Wildman–Crippen LogP) is 0.281. The molecule has 0 aromatic heterocycles. The summed E-state index contributed by atoms with van der Waals surface area (Å²) in [5, 5.41) is 4.96. The van der Waals surface area contributed by atoms with Gasteiger partial charge in [-0.15, -0.1) is 0 Å². The Labute approximate surface area is 115 Å². The Kier molecular flexibility index (Phi) is 6.80. The Morgan fingerprint density at radius 2 is 2.11 bits per heavy atom. The van der Waals surface area contributed by atoms with Crippen LogP contribution in [0, 0.1) is 5.92 Å². The average Bonchev–Trinajstić information content (AvgIpc) is 2.38. The molecule has 19 heavy (non-hydrogen) atoms. The Bertz CT molecular complexity index is 309. The number of nitrogens with zero attached hydrogens (tertiary/aromatic N) is 1. The van der Waals surface area contributed by atoms with Crippen molar-refractivity contribution in [1.82, 2.24) is 15.5 Å². The fourth-order valence-electron chi connectivity index (χ4n) is 2.35. The van der Waals surface area contributed by atoms with E-state index in [1.807, 2.05) is 6.92 Å². The van der Waals surface area contributed by atoms with Gasteiger partial charge in [-0.1, -0.05) is 20.3 Å². The van der Waals surface area contributed by atoms with Crippen LogP contribution in [-0.4, -0.2) is 49.1 Å². The molecular weight excluding hydrogens is 244 g/mol. The molecule has 1 fully saturated rings. The summed E-state index contributed by atoms with van der Waals surface area (Å²) in [6.45, 7) is 6.58. The molecule has 0 radical (unpaired) electrons. The highest BCUT2D eigenvalue weighted by Gasteiger charge is 2.26. The van der Waals surface area contributed by atoms with Crippen LogP contribution in [-0.2, 0) is 4.79 Å². The Hall–Kier alpha value is -1.14. The summed E-state index contributed by atoms with van der Waals surface area (Å²) in [5.41, 5.74) is 6.03. The zero-order valence-corrected chi connectivity index (χ0v) is 11.9. The smallest absolute Gasteiger partial charge is 0.321 e. The number of nitrogens with one attached hydrogen (secondary N) is 2. The third-order valence-corrected chi connectivity index (χ3v) is 3.56. The molecule has 0 saturated carbocycles. The van der Waals surface area contributed by atoms with Crippen molar-refractivity contribution in [3.8, 4) is 0 Å². The number of hydrogen-bond donors (Lipinski definition) is 3. The van der Waals surface area contributed by atoms with E-state index in [0.717, 1.165) is 32.4 Å². The molecular formula is C13H26N4O2. The first kappa shape index (κ1) is 15.9. The first-order valence-corrected chi connectivity index (χ1v) is 7.12. The minimum Gasteiger partial charge on any atom is -0.338 e. The number of piperidine rings is 1. The fraction of sp³-hybridized carbons (Fsp3) is 0.846. The van der Waals surface area contributed by atoms with Crippen molar-refractivity contribution in [2.75, 3.05) is 26.2 Å². The zero-order chi connectivity index (χ0) is 14.3. The van der Waals surface area contributed by atoms with Gasteiger partial charge in [0.15, 0.2) is 0 Å². The van der Waals surface area contributed by atoms with E-state index in [2.05, 4.69) is 22.5 Å². The predicted molar refractivity (Wildman–Crippen MR) is 74.6 cm³/mol. The zero-order valence-electron chi connectivity index (χ0n) is 11.9. The van der Waals surface area contributed by atoms with Crippen LogP contribution < -0.4 is 16.4 Å². The third kappa shape index (κ3) is 5.57. The highest BCUT2D eigenvalue weighted by atomic mass is 16.2. The molecule has 0 aromatic carbocycles. The van der Waals surface area contributed by atoms with Gasteiger partial charge in [0.1, 0.15) is 0 Å². The van der Waals surface area contributed by atoms with Gasteiger partial charge in [0.25, 0.3) is 0 Å². The molecule has 1 heterocycles. The molecule has 0 aliphatic carbocycles. The largest absolute Gasteiger partial charge is 0.338 e. The number of imide groups is 1. The topological polar surface area (TPSA) is 87.5 Å². The Balaban J connectivity index is 2.30. The van der Waals surface area contributed by atoms with Gasteiger partial charge in [-0.3, -0.25) is 15.0 Å². The molecule has 2 atom stereocenters. The number of carbonyl (C=O) groups is 2. The first-order valence-electron chi connectivity index (χ1n) is 7.12. The highest BCUT2D eigenvalue weighted by molar-refractivity contribution is 5.95. The Morgan fingerprint density at radius 1 is 1.37 bits per heavy atom. The molecule has 0 aromatic rings. The van der Waals surface area contributed by atoms with E-state index in [9.17, 15) is 9.59 Å². The second kappa shape index (κ2) is 8.12. The quantitative estimate of drug-likeness (QED) is 0.669. The molecule has 1 aliphatic heterocycles. The summed E-state index contributed by atoms with van der Waals surface area (Å²) < 4.78 is 0. The molecule has 1 saturated heterocycles. The van der Waals surface area contributed by atoms with E-state index in [-0.39, 0.29) is 18.5 Å². The van der Waals surface area contributed by atoms with Gasteiger partial charge in [-0.25, -0.2) is 4.79 Å². The van der Waals surface area contributed by atoms with Crippen LogP contribution in [0.2, 0.25) is 0 Å². The van der Waals surface area contributed by atoms with E-state index < -0.39 is 6.03 Å². The summed E-state index contributed by atoms with van der Waals surface area (Å²) in [4.78, 5) is 25.1. The van der Waals surface area contributed by atoms with Crippen LogP contribution in [0.25, 0.3) is 0 Å². The van der Waals surface area contributed by atoms with Gasteiger partial charge in [0, 0.05) is 25.7 Å². The lowest BCUT2D eigenvalue weighted by molar-refractivity contribution is -0.121. The molecule has 6 nitrogen and oxygen atoms in total. The maximum Gasteiger partial charge on any atom is 0.321 e. The number of amides is 3. The summed E-state index contributed by atoms with van der Waals surface area (Å²) >= 11 is 0. The van der Waals surface area contributed by atoms with Crippen LogP contribution in [0.1, 0.15) is 33.1 Å². The highest BCUT2D eigenvalue weighted by Crippen LogP contribution is 2.17. The average molecular weight is 270 g/mol. The van der Waals surface area contributed by atoms with Crippen molar-refractivity contribution in [2.45, 2.75) is 39.2 Å². The van der Waals surface area contributed by atoms with Gasteiger partial charge >= 0.3 is 6.03 Å². The third-order valence-electron chi connectivity index (χ3n) is 3.56. The van der Waals surface area contributed by atoms with Crippen molar-refractivity contribution >= 4 is 11.9 Å². The minimum atomic E-state index is -0.410. The number of hydrogen-bond acceptors (Lipinski definition) is 4. The molecule has 6 heteroatoms. The van der Waals surface area contributed by atoms with Crippen LogP contribution >= 0.6 is 0 Å². The molecule has 1 rings (SSSR count). The van der Waals surface area contributed by atoms with E-state index in [4.69, 9.17) is 5.73 Å². The van der Waals surface area contributed by atoms with Crippen molar-refractivity contribution in [3.05, 3.63) is 0 Å². The fourth-order valence-corrected chi connectivity index (χ4v) is 2.35. The van der Waals surface area contributed by atoms with Crippen LogP contribution in [0.3, 0.4) is 0 Å². The second-order valence-corrected chi connectivity index (χ2v) is 5.16. The van der Waals surface area contributed by atoms with Gasteiger partial charge in [-0.05, 0) is 18.8 Å². The van der Waals surface area contributed by atoms with Crippen LogP contribution in [0.4, 0.5) is 4.79 Å². The molecule has 1 aliphatic rings. The number of rotatable bonds is 5. The van der Waals surface area contributed by atoms with Crippen molar-refractivity contribution in [1.29, 1.82) is 0 Å². The molecule has 110 valence electrons. The second-order valence-electron chi connectivity index (χ2n) is 5.16.